The number of aryl methyl sites for hydroxylation is 1. The van der Waals surface area contributed by atoms with Crippen LogP contribution in [0.5, 0.6) is 0 Å². The summed E-state index contributed by atoms with van der Waals surface area (Å²) in [5.41, 5.74) is 5.05. The van der Waals surface area contributed by atoms with Crippen molar-refractivity contribution in [3.05, 3.63) is 71.5 Å². The van der Waals surface area contributed by atoms with Crippen molar-refractivity contribution in [2.24, 2.45) is 5.92 Å². The molecule has 0 bridgehead atoms. The first-order valence-electron chi connectivity index (χ1n) is 12.2. The number of anilines is 2. The average molecular weight is 473 g/mol. The van der Waals surface area contributed by atoms with Crippen molar-refractivity contribution in [3.63, 3.8) is 0 Å². The summed E-state index contributed by atoms with van der Waals surface area (Å²) in [6.45, 7) is 6.14. The fraction of sp³-hybridized carbons (Fsp3) is 0.357. The van der Waals surface area contributed by atoms with E-state index in [9.17, 15) is 14.7 Å². The third-order valence-electron chi connectivity index (χ3n) is 6.41. The number of hydrogen-bond acceptors (Lipinski definition) is 5. The number of carboxylic acids is 1. The Labute approximate surface area is 206 Å². The van der Waals surface area contributed by atoms with Gasteiger partial charge in [-0.25, -0.2) is 9.78 Å². The minimum Gasteiger partial charge on any atom is -0.480 e. The number of rotatable bonds is 10. The molecule has 1 aliphatic heterocycles. The molecule has 2 aromatic carbocycles. The van der Waals surface area contributed by atoms with Gasteiger partial charge in [-0.2, -0.15) is 0 Å². The van der Waals surface area contributed by atoms with Gasteiger partial charge in [-0.05, 0) is 48.1 Å². The monoisotopic (exact) mass is 472 g/mol. The van der Waals surface area contributed by atoms with Crippen LogP contribution in [0.25, 0.3) is 11.3 Å². The van der Waals surface area contributed by atoms with Crippen LogP contribution in [-0.4, -0.2) is 37.9 Å². The van der Waals surface area contributed by atoms with E-state index in [1.807, 2.05) is 26.0 Å². The standard InChI is InChI=1S/C28H32N4O3/c1-4-5-6-7-19-8-12-22(13-9-19)31-25-16-29-24(15-30-25)20-10-11-21-17-32(27(33)23(21)14-20)26(18(2)3)28(34)35/h8-16,18,26H,4-7,17H2,1-3H3,(H,30,31)(H,34,35)/t26-/m0/s1. The summed E-state index contributed by atoms with van der Waals surface area (Å²) in [4.78, 5) is 35.2. The first kappa shape index (κ1) is 24.4. The van der Waals surface area contributed by atoms with E-state index in [1.165, 1.54) is 29.7 Å². The lowest BCUT2D eigenvalue weighted by atomic mass is 10.0. The largest absolute Gasteiger partial charge is 0.480 e. The highest BCUT2D eigenvalue weighted by Gasteiger charge is 2.38. The van der Waals surface area contributed by atoms with Crippen LogP contribution in [0.3, 0.4) is 0 Å². The van der Waals surface area contributed by atoms with Crippen LogP contribution in [0.2, 0.25) is 0 Å². The van der Waals surface area contributed by atoms with E-state index in [4.69, 9.17) is 0 Å². The van der Waals surface area contributed by atoms with E-state index in [0.29, 0.717) is 23.6 Å². The van der Waals surface area contributed by atoms with Crippen molar-refractivity contribution >= 4 is 23.4 Å². The maximum absolute atomic E-state index is 13.0. The smallest absolute Gasteiger partial charge is 0.326 e. The highest BCUT2D eigenvalue weighted by atomic mass is 16.4. The minimum absolute atomic E-state index is 0.187. The number of aliphatic carboxylic acids is 1. The maximum Gasteiger partial charge on any atom is 0.326 e. The Kier molecular flexibility index (Phi) is 7.44. The molecule has 0 saturated carbocycles. The van der Waals surface area contributed by atoms with Gasteiger partial charge in [0.25, 0.3) is 5.91 Å². The molecule has 0 spiro atoms. The Bertz CT molecular complexity index is 1190. The van der Waals surface area contributed by atoms with Gasteiger partial charge in [-0.3, -0.25) is 9.78 Å². The number of carbonyl (C=O) groups is 2. The molecule has 1 aromatic heterocycles. The van der Waals surface area contributed by atoms with Crippen molar-refractivity contribution in [1.82, 2.24) is 14.9 Å². The lowest BCUT2D eigenvalue weighted by Gasteiger charge is -2.27. The molecule has 1 atom stereocenters. The second-order valence-electron chi connectivity index (χ2n) is 9.40. The van der Waals surface area contributed by atoms with Crippen LogP contribution < -0.4 is 5.32 Å². The number of carboxylic acid groups (broad SMARTS) is 1. The van der Waals surface area contributed by atoms with Crippen molar-refractivity contribution in [2.45, 2.75) is 59.0 Å². The van der Waals surface area contributed by atoms with Gasteiger partial charge in [-0.15, -0.1) is 0 Å². The molecule has 0 radical (unpaired) electrons. The maximum atomic E-state index is 13.0. The van der Waals surface area contributed by atoms with Gasteiger partial charge in [0.1, 0.15) is 11.9 Å². The summed E-state index contributed by atoms with van der Waals surface area (Å²) in [6.07, 6.45) is 8.12. The number of aromatic nitrogens is 2. The molecule has 35 heavy (non-hydrogen) atoms. The van der Waals surface area contributed by atoms with Gasteiger partial charge >= 0.3 is 5.97 Å². The van der Waals surface area contributed by atoms with E-state index in [-0.39, 0.29) is 11.8 Å². The highest BCUT2D eigenvalue weighted by Crippen LogP contribution is 2.30. The fourth-order valence-electron chi connectivity index (χ4n) is 4.51. The number of carbonyl (C=O) groups excluding carboxylic acids is 1. The molecule has 7 heteroatoms. The van der Waals surface area contributed by atoms with Gasteiger partial charge in [0.2, 0.25) is 0 Å². The van der Waals surface area contributed by atoms with Crippen LogP contribution in [0, 0.1) is 5.92 Å². The summed E-state index contributed by atoms with van der Waals surface area (Å²) < 4.78 is 0. The summed E-state index contributed by atoms with van der Waals surface area (Å²) in [6, 6.07) is 13.1. The number of fused-ring (bicyclic) bond motifs is 1. The lowest BCUT2D eigenvalue weighted by molar-refractivity contribution is -0.144. The SMILES string of the molecule is CCCCCc1ccc(Nc2cnc(-c3ccc4c(c3)C(=O)N([C@H](C(=O)O)C(C)C)C4)cn2)cc1. The summed E-state index contributed by atoms with van der Waals surface area (Å²) >= 11 is 0. The van der Waals surface area contributed by atoms with E-state index < -0.39 is 12.0 Å². The summed E-state index contributed by atoms with van der Waals surface area (Å²) in [7, 11) is 0. The minimum atomic E-state index is -0.985. The molecule has 0 saturated heterocycles. The van der Waals surface area contributed by atoms with E-state index in [1.54, 1.807) is 18.5 Å². The van der Waals surface area contributed by atoms with Crippen molar-refractivity contribution < 1.29 is 14.7 Å². The molecule has 3 aromatic rings. The molecule has 4 rings (SSSR count). The van der Waals surface area contributed by atoms with Gasteiger partial charge in [0.15, 0.2) is 0 Å². The van der Waals surface area contributed by atoms with E-state index in [0.717, 1.165) is 23.2 Å². The first-order chi connectivity index (χ1) is 16.9. The number of unbranched alkanes of at least 4 members (excludes halogenated alkanes) is 2. The third kappa shape index (κ3) is 5.50. The molecule has 182 valence electrons. The topological polar surface area (TPSA) is 95.4 Å². The highest BCUT2D eigenvalue weighted by molar-refractivity contribution is 6.01. The van der Waals surface area contributed by atoms with Gasteiger partial charge in [0.05, 0.1) is 18.1 Å². The Morgan fingerprint density at radius 1 is 1.09 bits per heavy atom. The fourth-order valence-corrected chi connectivity index (χ4v) is 4.51. The molecule has 1 amide bonds. The van der Waals surface area contributed by atoms with Crippen molar-refractivity contribution in [2.75, 3.05) is 5.32 Å². The number of nitrogens with zero attached hydrogens (tertiary/aromatic N) is 3. The zero-order valence-electron chi connectivity index (χ0n) is 20.5. The number of hydrogen-bond donors (Lipinski definition) is 2. The first-order valence-corrected chi connectivity index (χ1v) is 12.2. The Hall–Kier alpha value is -3.74. The van der Waals surface area contributed by atoms with E-state index in [2.05, 4.69) is 46.5 Å². The quantitative estimate of drug-likeness (QED) is 0.368. The molecule has 0 fully saturated rings. The zero-order chi connectivity index (χ0) is 24.9. The molecular formula is C28H32N4O3. The lowest BCUT2D eigenvalue weighted by Crippen LogP contribution is -2.44. The van der Waals surface area contributed by atoms with Gasteiger partial charge < -0.3 is 15.3 Å². The molecular weight excluding hydrogens is 440 g/mol. The van der Waals surface area contributed by atoms with Gasteiger partial charge in [-0.1, -0.05) is 57.9 Å². The predicted octanol–water partition coefficient (Wildman–Crippen LogP) is 5.68. The second kappa shape index (κ2) is 10.7. The molecule has 1 aliphatic rings. The third-order valence-corrected chi connectivity index (χ3v) is 6.41. The van der Waals surface area contributed by atoms with Crippen molar-refractivity contribution in [3.8, 4) is 11.3 Å². The molecule has 2 heterocycles. The van der Waals surface area contributed by atoms with Crippen molar-refractivity contribution in [1.29, 1.82) is 0 Å². The van der Waals surface area contributed by atoms with Gasteiger partial charge in [0, 0.05) is 23.4 Å². The summed E-state index contributed by atoms with van der Waals surface area (Å²) in [5, 5.41) is 12.9. The number of benzene rings is 2. The summed E-state index contributed by atoms with van der Waals surface area (Å²) in [5.74, 6) is -0.792. The van der Waals surface area contributed by atoms with Crippen LogP contribution in [0.1, 0.15) is 61.5 Å². The average Bonchev–Trinajstić information content (AvgIpc) is 3.15. The Morgan fingerprint density at radius 3 is 2.49 bits per heavy atom. The molecule has 2 N–H and O–H groups in total. The Balaban J connectivity index is 1.45. The molecule has 7 nitrogen and oxygen atoms in total. The normalized spacial score (nSPS) is 13.7. The van der Waals surface area contributed by atoms with Crippen LogP contribution in [0.15, 0.2) is 54.9 Å². The molecule has 0 aliphatic carbocycles. The predicted molar refractivity (Wildman–Crippen MR) is 137 cm³/mol. The van der Waals surface area contributed by atoms with Crippen LogP contribution in [0.4, 0.5) is 11.5 Å². The second-order valence-corrected chi connectivity index (χ2v) is 9.40. The van der Waals surface area contributed by atoms with Crippen LogP contribution in [-0.2, 0) is 17.8 Å². The zero-order valence-corrected chi connectivity index (χ0v) is 20.5. The van der Waals surface area contributed by atoms with E-state index >= 15 is 0 Å². The Morgan fingerprint density at radius 2 is 1.86 bits per heavy atom. The number of amides is 1. The molecule has 0 unspecified atom stereocenters. The number of nitrogens with one attached hydrogen (secondary N) is 1. The van der Waals surface area contributed by atoms with Crippen LogP contribution >= 0.6 is 0 Å².